The molecule has 0 radical (unpaired) electrons. The lowest BCUT2D eigenvalue weighted by molar-refractivity contribution is -0.162. The van der Waals surface area contributed by atoms with Gasteiger partial charge in [-0.25, -0.2) is 4.39 Å². The number of hydrogen-bond donors (Lipinski definition) is 6. The largest absolute Gasteiger partial charge is 0.510 e. The average molecular weight is 462 g/mol. The van der Waals surface area contributed by atoms with Crippen LogP contribution >= 0.6 is 0 Å². The van der Waals surface area contributed by atoms with Gasteiger partial charge in [-0.1, -0.05) is 13.0 Å². The SMILES string of the molecule is C[C@@H]1c2ccc(F)c(O)c2C(=O)C2=C(O)[C@]3(O)C(=O)C(C(N)=O)=C(O)[C@H](N(C)C)[C@H]3[C@H](O)[C@@H]21. The van der Waals surface area contributed by atoms with Gasteiger partial charge in [-0.2, -0.15) is 0 Å². The number of aliphatic hydroxyl groups excluding tert-OH is 3. The van der Waals surface area contributed by atoms with E-state index in [1.807, 2.05) is 0 Å². The van der Waals surface area contributed by atoms with Gasteiger partial charge in [0.2, 0.25) is 5.78 Å². The predicted molar refractivity (Wildman–Crippen MR) is 110 cm³/mol. The number of Topliss-reactive ketones (excluding diaryl/α,β-unsaturated/α-hetero) is 2. The zero-order valence-corrected chi connectivity index (χ0v) is 17.9. The van der Waals surface area contributed by atoms with E-state index < -0.39 is 92.8 Å². The van der Waals surface area contributed by atoms with Crippen molar-refractivity contribution in [3.05, 3.63) is 51.7 Å². The Morgan fingerprint density at radius 2 is 1.79 bits per heavy atom. The lowest BCUT2D eigenvalue weighted by Gasteiger charge is -2.53. The highest BCUT2D eigenvalue weighted by Crippen LogP contribution is 2.55. The zero-order chi connectivity index (χ0) is 24.7. The van der Waals surface area contributed by atoms with Crippen molar-refractivity contribution in [2.24, 2.45) is 17.6 Å². The molecule has 0 fully saturated rings. The number of likely N-dealkylation sites (N-methyl/N-ethyl adjacent to an activating group) is 1. The van der Waals surface area contributed by atoms with Crippen LogP contribution in [0.5, 0.6) is 5.75 Å². The predicted octanol–water partition coefficient (Wildman–Crippen LogP) is -0.208. The highest BCUT2D eigenvalue weighted by atomic mass is 19.1. The van der Waals surface area contributed by atoms with Crippen molar-refractivity contribution in [3.63, 3.8) is 0 Å². The van der Waals surface area contributed by atoms with Gasteiger partial charge in [0.1, 0.15) is 17.1 Å². The molecule has 1 aromatic rings. The number of benzene rings is 1. The van der Waals surface area contributed by atoms with E-state index in [1.165, 1.54) is 25.1 Å². The van der Waals surface area contributed by atoms with E-state index in [1.54, 1.807) is 6.92 Å². The summed E-state index contributed by atoms with van der Waals surface area (Å²) >= 11 is 0. The number of halogens is 1. The number of carbonyl (C=O) groups excluding carboxylic acids is 3. The van der Waals surface area contributed by atoms with Gasteiger partial charge >= 0.3 is 0 Å². The topological polar surface area (TPSA) is 182 Å². The summed E-state index contributed by atoms with van der Waals surface area (Å²) in [6.07, 6.45) is -1.69. The number of amides is 1. The Balaban J connectivity index is 2.07. The summed E-state index contributed by atoms with van der Waals surface area (Å²) in [4.78, 5) is 39.7. The van der Waals surface area contributed by atoms with Gasteiger partial charge in [0.15, 0.2) is 23.0 Å². The number of rotatable bonds is 2. The van der Waals surface area contributed by atoms with Crippen LogP contribution in [0, 0.1) is 17.7 Å². The van der Waals surface area contributed by atoms with Crippen LogP contribution in [0.1, 0.15) is 28.8 Å². The maximum absolute atomic E-state index is 14.0. The summed E-state index contributed by atoms with van der Waals surface area (Å²) in [5, 5.41) is 54.9. The van der Waals surface area contributed by atoms with Crippen molar-refractivity contribution >= 4 is 17.5 Å². The highest BCUT2D eigenvalue weighted by molar-refractivity contribution is 6.25. The number of nitrogens with two attached hydrogens (primary N) is 1. The first-order valence-electron chi connectivity index (χ1n) is 10.1. The zero-order valence-electron chi connectivity index (χ0n) is 17.9. The molecular weight excluding hydrogens is 439 g/mol. The lowest BCUT2D eigenvalue weighted by Crippen LogP contribution is -2.68. The molecule has 1 aromatic carbocycles. The lowest BCUT2D eigenvalue weighted by atomic mass is 9.55. The van der Waals surface area contributed by atoms with Crippen molar-refractivity contribution in [3.8, 4) is 5.75 Å². The van der Waals surface area contributed by atoms with Crippen LogP contribution in [0.15, 0.2) is 34.8 Å². The van der Waals surface area contributed by atoms with Crippen molar-refractivity contribution in [2.45, 2.75) is 30.6 Å². The first-order valence-corrected chi connectivity index (χ1v) is 10.1. The molecule has 0 unspecified atom stereocenters. The first kappa shape index (κ1) is 22.9. The van der Waals surface area contributed by atoms with Gasteiger partial charge in [-0.05, 0) is 31.6 Å². The number of nitrogens with zero attached hydrogens (tertiary/aromatic N) is 1. The molecule has 0 heterocycles. The minimum atomic E-state index is -2.99. The second kappa shape index (κ2) is 7.11. The van der Waals surface area contributed by atoms with Gasteiger partial charge < -0.3 is 31.3 Å². The number of aromatic hydroxyl groups is 1. The van der Waals surface area contributed by atoms with Crippen molar-refractivity contribution < 1.29 is 44.3 Å². The van der Waals surface area contributed by atoms with Crippen molar-refractivity contribution in [2.75, 3.05) is 14.1 Å². The van der Waals surface area contributed by atoms with Gasteiger partial charge in [-0.3, -0.25) is 19.3 Å². The van der Waals surface area contributed by atoms with Gasteiger partial charge in [0.05, 0.1) is 23.6 Å². The maximum Gasteiger partial charge on any atom is 0.255 e. The first-order chi connectivity index (χ1) is 15.3. The number of primary amides is 1. The molecule has 0 saturated heterocycles. The normalized spacial score (nSPS) is 33.7. The van der Waals surface area contributed by atoms with Crippen LogP contribution in [0.4, 0.5) is 4.39 Å². The summed E-state index contributed by atoms with van der Waals surface area (Å²) in [6.45, 7) is 1.56. The molecule has 1 amide bonds. The Bertz CT molecular complexity index is 1190. The Labute approximate surface area is 187 Å². The van der Waals surface area contributed by atoms with Crippen molar-refractivity contribution in [1.29, 1.82) is 0 Å². The van der Waals surface area contributed by atoms with Gasteiger partial charge in [0, 0.05) is 11.5 Å². The molecule has 0 saturated carbocycles. The second-order valence-electron chi connectivity index (χ2n) is 8.91. The molecule has 0 bridgehead atoms. The summed E-state index contributed by atoms with van der Waals surface area (Å²) in [5.74, 6) is -11.5. The molecule has 6 atom stereocenters. The summed E-state index contributed by atoms with van der Waals surface area (Å²) in [5.41, 5.74) is 0.426. The third kappa shape index (κ3) is 2.66. The Kier molecular flexibility index (Phi) is 4.93. The fourth-order valence-electron chi connectivity index (χ4n) is 5.60. The Morgan fingerprint density at radius 1 is 1.18 bits per heavy atom. The van der Waals surface area contributed by atoms with Crippen LogP contribution in [0.3, 0.4) is 0 Å². The summed E-state index contributed by atoms with van der Waals surface area (Å²) < 4.78 is 14.0. The van der Waals surface area contributed by atoms with Crippen LogP contribution in [0.2, 0.25) is 0 Å². The Hall–Kier alpha value is -3.28. The van der Waals surface area contributed by atoms with E-state index in [2.05, 4.69) is 0 Å². The Morgan fingerprint density at radius 3 is 2.33 bits per heavy atom. The molecule has 3 aliphatic carbocycles. The fraction of sp³-hybridized carbons (Fsp3) is 0.409. The number of fused-ring (bicyclic) bond motifs is 3. The van der Waals surface area contributed by atoms with Crippen molar-refractivity contribution in [1.82, 2.24) is 4.90 Å². The number of hydrogen-bond acceptors (Lipinski definition) is 9. The number of aliphatic hydroxyl groups is 4. The van der Waals surface area contributed by atoms with E-state index in [-0.39, 0.29) is 5.56 Å². The average Bonchev–Trinajstić information content (AvgIpc) is 2.72. The standard InChI is InChI=1S/C22H23FN2O8/c1-6-7-4-5-8(23)15(26)10(7)16(27)11-9(6)17(28)13-14(25(2)3)18(29)12(21(24)32)20(31)22(13,33)19(11)30/h4-6,9,13-14,17,26,28-30,33H,1-3H3,(H2,24,32)/t6-,9-,13+,14-,17-,22+/m1/s1. The second-order valence-corrected chi connectivity index (χ2v) is 8.91. The number of carbonyl (C=O) groups is 3. The van der Waals surface area contributed by atoms with Crippen LogP contribution < -0.4 is 5.73 Å². The fourth-order valence-corrected chi connectivity index (χ4v) is 5.60. The number of ketones is 2. The molecule has 7 N–H and O–H groups in total. The van der Waals surface area contributed by atoms with E-state index >= 15 is 0 Å². The molecule has 0 spiro atoms. The number of phenolic OH excluding ortho intramolecular Hbond substituents is 1. The molecular formula is C22H23FN2O8. The molecule has 4 rings (SSSR count). The van der Waals surface area contributed by atoms with E-state index in [9.17, 15) is 44.3 Å². The molecule has 0 aromatic heterocycles. The quantitative estimate of drug-likeness (QED) is 0.324. The molecule has 33 heavy (non-hydrogen) atoms. The molecule has 10 nitrogen and oxygen atoms in total. The van der Waals surface area contributed by atoms with E-state index in [0.717, 1.165) is 6.07 Å². The molecule has 0 aliphatic heterocycles. The highest BCUT2D eigenvalue weighted by Gasteiger charge is 2.67. The van der Waals surface area contributed by atoms with Gasteiger partial charge in [0.25, 0.3) is 5.91 Å². The molecule has 176 valence electrons. The van der Waals surface area contributed by atoms with E-state index in [0.29, 0.717) is 0 Å². The smallest absolute Gasteiger partial charge is 0.255 e. The minimum absolute atomic E-state index is 0.200. The molecule has 3 aliphatic rings. The molecule has 11 heteroatoms. The van der Waals surface area contributed by atoms with Crippen LogP contribution in [-0.2, 0) is 9.59 Å². The minimum Gasteiger partial charge on any atom is -0.510 e. The van der Waals surface area contributed by atoms with Crippen LogP contribution in [-0.4, -0.2) is 79.7 Å². The third-order valence-electron chi connectivity index (χ3n) is 7.08. The summed E-state index contributed by atoms with van der Waals surface area (Å²) in [6, 6.07) is 0.893. The number of phenols is 1. The third-order valence-corrected chi connectivity index (χ3v) is 7.08. The van der Waals surface area contributed by atoms with E-state index in [4.69, 9.17) is 5.73 Å². The maximum atomic E-state index is 14.0. The van der Waals surface area contributed by atoms with Gasteiger partial charge in [-0.15, -0.1) is 0 Å². The van der Waals surface area contributed by atoms with Crippen LogP contribution in [0.25, 0.3) is 0 Å². The summed E-state index contributed by atoms with van der Waals surface area (Å²) in [7, 11) is 2.90. The monoisotopic (exact) mass is 462 g/mol.